The Morgan fingerprint density at radius 1 is 0.931 bits per heavy atom. The Bertz CT molecular complexity index is 599. The standard InChI is InChI=1S/C23H34F4O2/c1-3-4-5-6-7-8-9-10-11-12-13-14-18(2)29-22(28)19-15-16-21(24)20(17-19)23(25,26)27/h15-18H,3-14H2,1-2H3. The van der Waals surface area contributed by atoms with Crippen LogP contribution >= 0.6 is 0 Å². The Kier molecular flexibility index (Phi) is 11.9. The number of carbonyl (C=O) groups excluding carboxylic acids is 1. The van der Waals surface area contributed by atoms with Crippen LogP contribution < -0.4 is 0 Å². The zero-order chi connectivity index (χ0) is 21.7. The summed E-state index contributed by atoms with van der Waals surface area (Å²) in [5.74, 6) is -2.26. The lowest BCUT2D eigenvalue weighted by atomic mass is 10.0. The van der Waals surface area contributed by atoms with Crippen LogP contribution in [0, 0.1) is 5.82 Å². The smallest absolute Gasteiger partial charge is 0.419 e. The molecule has 1 unspecified atom stereocenters. The Balaban J connectivity index is 2.20. The van der Waals surface area contributed by atoms with Gasteiger partial charge in [0, 0.05) is 0 Å². The van der Waals surface area contributed by atoms with Gasteiger partial charge in [-0.15, -0.1) is 0 Å². The summed E-state index contributed by atoms with van der Waals surface area (Å²) in [6, 6.07) is 2.17. The third-order valence-corrected chi connectivity index (χ3v) is 5.03. The fourth-order valence-corrected chi connectivity index (χ4v) is 3.28. The third-order valence-electron chi connectivity index (χ3n) is 5.03. The summed E-state index contributed by atoms with van der Waals surface area (Å²) in [5.41, 5.74) is -1.74. The molecule has 29 heavy (non-hydrogen) atoms. The Morgan fingerprint density at radius 2 is 1.45 bits per heavy atom. The number of carbonyl (C=O) groups is 1. The van der Waals surface area contributed by atoms with Gasteiger partial charge in [0.1, 0.15) is 5.82 Å². The minimum absolute atomic E-state index is 0.287. The number of esters is 1. The highest BCUT2D eigenvalue weighted by molar-refractivity contribution is 5.89. The van der Waals surface area contributed by atoms with Crippen molar-refractivity contribution in [1.82, 2.24) is 0 Å². The van der Waals surface area contributed by atoms with E-state index < -0.39 is 23.5 Å². The van der Waals surface area contributed by atoms with Gasteiger partial charge < -0.3 is 4.74 Å². The van der Waals surface area contributed by atoms with E-state index in [4.69, 9.17) is 4.74 Å². The van der Waals surface area contributed by atoms with Gasteiger partial charge in [-0.25, -0.2) is 9.18 Å². The van der Waals surface area contributed by atoms with E-state index in [9.17, 15) is 22.4 Å². The molecule has 0 aromatic heterocycles. The van der Waals surface area contributed by atoms with Gasteiger partial charge in [-0.1, -0.05) is 71.1 Å². The summed E-state index contributed by atoms with van der Waals surface area (Å²) in [4.78, 5) is 12.0. The highest BCUT2D eigenvalue weighted by Gasteiger charge is 2.34. The van der Waals surface area contributed by atoms with Crippen molar-refractivity contribution in [3.63, 3.8) is 0 Å². The molecule has 0 aliphatic rings. The van der Waals surface area contributed by atoms with E-state index in [1.165, 1.54) is 51.4 Å². The van der Waals surface area contributed by atoms with Crippen LogP contribution in [0.3, 0.4) is 0 Å². The molecule has 0 heterocycles. The molecule has 0 amide bonds. The maximum absolute atomic E-state index is 13.3. The molecule has 0 saturated carbocycles. The average molecular weight is 419 g/mol. The van der Waals surface area contributed by atoms with E-state index in [0.717, 1.165) is 25.3 Å². The highest BCUT2D eigenvalue weighted by atomic mass is 19.4. The zero-order valence-corrected chi connectivity index (χ0v) is 17.6. The van der Waals surface area contributed by atoms with E-state index in [1.54, 1.807) is 6.92 Å². The lowest BCUT2D eigenvalue weighted by molar-refractivity contribution is -0.140. The van der Waals surface area contributed by atoms with E-state index in [2.05, 4.69) is 6.92 Å². The largest absolute Gasteiger partial charge is 0.459 e. The van der Waals surface area contributed by atoms with Crippen molar-refractivity contribution in [2.45, 2.75) is 103 Å². The van der Waals surface area contributed by atoms with Crippen molar-refractivity contribution in [2.24, 2.45) is 0 Å². The molecule has 2 nitrogen and oxygen atoms in total. The normalized spacial score (nSPS) is 12.8. The summed E-state index contributed by atoms with van der Waals surface area (Å²) in [5, 5.41) is 0. The summed E-state index contributed by atoms with van der Waals surface area (Å²) in [6.45, 7) is 3.94. The second-order valence-corrected chi connectivity index (χ2v) is 7.73. The molecule has 0 radical (unpaired) electrons. The fourth-order valence-electron chi connectivity index (χ4n) is 3.28. The van der Waals surface area contributed by atoms with Crippen molar-refractivity contribution < 1.29 is 27.1 Å². The second kappa shape index (κ2) is 13.6. The molecule has 0 aliphatic heterocycles. The predicted octanol–water partition coefficient (Wildman–Crippen LogP) is 8.09. The molecular formula is C23H34F4O2. The van der Waals surface area contributed by atoms with Crippen LogP contribution in [0.15, 0.2) is 18.2 Å². The predicted molar refractivity (Wildman–Crippen MR) is 107 cm³/mol. The summed E-state index contributed by atoms with van der Waals surface area (Å²) in [6.07, 6.45) is 8.84. The molecular weight excluding hydrogens is 384 g/mol. The number of hydrogen-bond donors (Lipinski definition) is 0. The highest BCUT2D eigenvalue weighted by Crippen LogP contribution is 2.32. The van der Waals surface area contributed by atoms with Crippen molar-refractivity contribution in [3.8, 4) is 0 Å². The number of halogens is 4. The SMILES string of the molecule is CCCCCCCCCCCCCC(C)OC(=O)c1ccc(F)c(C(F)(F)F)c1. The topological polar surface area (TPSA) is 26.3 Å². The maximum atomic E-state index is 13.3. The summed E-state index contributed by atoms with van der Waals surface area (Å²) < 4.78 is 56.8. The van der Waals surface area contributed by atoms with Crippen LogP contribution in [-0.4, -0.2) is 12.1 Å². The summed E-state index contributed by atoms with van der Waals surface area (Å²) in [7, 11) is 0. The molecule has 0 N–H and O–H groups in total. The number of unbranched alkanes of at least 4 members (excludes halogenated alkanes) is 10. The van der Waals surface area contributed by atoms with E-state index in [0.29, 0.717) is 18.6 Å². The van der Waals surface area contributed by atoms with E-state index >= 15 is 0 Å². The number of hydrogen-bond acceptors (Lipinski definition) is 2. The van der Waals surface area contributed by atoms with Gasteiger partial charge in [-0.3, -0.25) is 0 Å². The molecule has 0 aliphatic carbocycles. The van der Waals surface area contributed by atoms with Crippen LogP contribution in [-0.2, 0) is 10.9 Å². The molecule has 0 fully saturated rings. The van der Waals surface area contributed by atoms with Crippen molar-refractivity contribution in [1.29, 1.82) is 0 Å². The van der Waals surface area contributed by atoms with Crippen molar-refractivity contribution in [3.05, 3.63) is 35.1 Å². The van der Waals surface area contributed by atoms with E-state index in [-0.39, 0.29) is 11.7 Å². The van der Waals surface area contributed by atoms with Gasteiger partial charge in [0.05, 0.1) is 17.2 Å². The number of alkyl halides is 3. The quantitative estimate of drug-likeness (QED) is 0.173. The van der Waals surface area contributed by atoms with Crippen LogP contribution in [0.1, 0.15) is 107 Å². The number of benzene rings is 1. The van der Waals surface area contributed by atoms with Crippen LogP contribution in [0.5, 0.6) is 0 Å². The van der Waals surface area contributed by atoms with Crippen LogP contribution in [0.2, 0.25) is 0 Å². The minimum atomic E-state index is -4.85. The van der Waals surface area contributed by atoms with Gasteiger partial charge in [0.15, 0.2) is 0 Å². The first kappa shape index (κ1) is 25.4. The molecule has 166 valence electrons. The molecule has 0 bridgehead atoms. The van der Waals surface area contributed by atoms with Gasteiger partial charge in [-0.2, -0.15) is 13.2 Å². The first-order valence-corrected chi connectivity index (χ1v) is 10.8. The fraction of sp³-hybridized carbons (Fsp3) is 0.696. The van der Waals surface area contributed by atoms with Gasteiger partial charge >= 0.3 is 12.1 Å². The monoisotopic (exact) mass is 418 g/mol. The first-order valence-electron chi connectivity index (χ1n) is 10.8. The van der Waals surface area contributed by atoms with Crippen molar-refractivity contribution in [2.75, 3.05) is 0 Å². The van der Waals surface area contributed by atoms with Crippen LogP contribution in [0.25, 0.3) is 0 Å². The third kappa shape index (κ3) is 10.7. The molecule has 1 rings (SSSR count). The van der Waals surface area contributed by atoms with Gasteiger partial charge in [0.25, 0.3) is 0 Å². The van der Waals surface area contributed by atoms with Crippen molar-refractivity contribution >= 4 is 5.97 Å². The second-order valence-electron chi connectivity index (χ2n) is 7.73. The number of ether oxygens (including phenoxy) is 1. The zero-order valence-electron chi connectivity index (χ0n) is 17.6. The maximum Gasteiger partial charge on any atom is 0.419 e. The Hall–Kier alpha value is -1.59. The van der Waals surface area contributed by atoms with Crippen LogP contribution in [0.4, 0.5) is 17.6 Å². The average Bonchev–Trinajstić information content (AvgIpc) is 2.65. The molecule has 0 saturated heterocycles. The minimum Gasteiger partial charge on any atom is -0.459 e. The lowest BCUT2D eigenvalue weighted by Crippen LogP contribution is -2.16. The van der Waals surface area contributed by atoms with Gasteiger partial charge in [-0.05, 0) is 38.0 Å². The molecule has 6 heteroatoms. The van der Waals surface area contributed by atoms with E-state index in [1.807, 2.05) is 0 Å². The molecule has 1 atom stereocenters. The molecule has 1 aromatic carbocycles. The van der Waals surface area contributed by atoms with Gasteiger partial charge in [0.2, 0.25) is 0 Å². The molecule has 0 spiro atoms. The first-order chi connectivity index (χ1) is 13.8. The Labute approximate surface area is 172 Å². The molecule has 1 aromatic rings. The number of rotatable bonds is 14. The Morgan fingerprint density at radius 3 is 1.97 bits per heavy atom. The summed E-state index contributed by atoms with van der Waals surface area (Å²) >= 11 is 0. The lowest BCUT2D eigenvalue weighted by Gasteiger charge is -2.14.